The van der Waals surface area contributed by atoms with E-state index in [2.05, 4.69) is 155 Å². The van der Waals surface area contributed by atoms with Gasteiger partial charge in [0, 0.05) is 70.4 Å². The number of nitrogens with zero attached hydrogens (tertiary/aromatic N) is 3. The first-order valence-corrected chi connectivity index (χ1v) is 23.0. The second-order valence-corrected chi connectivity index (χ2v) is 19.3. The summed E-state index contributed by atoms with van der Waals surface area (Å²) in [5.74, 6) is 3.04. The normalized spacial score (nSPS) is 35.6. The third-order valence-electron chi connectivity index (χ3n) is 15.0. The number of hydrogen-bond donors (Lipinski definition) is 0. The highest BCUT2D eigenvalue weighted by Gasteiger charge is 2.46. The number of fused-ring (bicyclic) bond motifs is 8. The summed E-state index contributed by atoms with van der Waals surface area (Å²) in [7, 11) is 0. The van der Waals surface area contributed by atoms with E-state index in [1.165, 1.54) is 52.9 Å². The zero-order valence-corrected chi connectivity index (χ0v) is 33.7. The molecule has 1 aromatic rings. The van der Waals surface area contributed by atoms with Gasteiger partial charge in [-0.1, -0.05) is 115 Å². The molecule has 3 nitrogen and oxygen atoms in total. The summed E-state index contributed by atoms with van der Waals surface area (Å²) in [6, 6.07) is 10.1. The number of aliphatic imine (C=N–C) groups is 1. The van der Waals surface area contributed by atoms with Crippen molar-refractivity contribution >= 4 is 23.7 Å². The van der Waals surface area contributed by atoms with E-state index >= 15 is 0 Å². The maximum atomic E-state index is 4.77. The monoisotopic (exact) mass is 763 g/mol. The van der Waals surface area contributed by atoms with Gasteiger partial charge in [0.05, 0.1) is 12.1 Å². The molecule has 286 valence electrons. The maximum Gasteiger partial charge on any atom is 0.0623 e. The standard InChI is InChI=1S/C53H53N3S/c1-2-11-34(12-3-1)38-27-39(37-13-10-26-54-33-37)29-41(28-38)56-49-18-8-5-15-43(49)46-31-36(21-24-51(46)56)35-20-23-50-45(30-35)42-14-4-7-17-48(42)55(50)40-22-25-53-47(32-40)44-16-6-9-19-52(44)57-53/h1-2,4-6,8-9,11,14-16,18-20,22-25,27,29-30,33,36-37,41,44-47,50,52H,3,7,10,12-13,17,21,26,28,31-32H2. The lowest BCUT2D eigenvalue weighted by Gasteiger charge is -2.38. The van der Waals surface area contributed by atoms with Gasteiger partial charge in [-0.15, -0.1) is 11.8 Å². The Hall–Kier alpha value is -4.54. The first-order chi connectivity index (χ1) is 28.2. The molecule has 1 aromatic carbocycles. The van der Waals surface area contributed by atoms with Crippen LogP contribution in [0.4, 0.5) is 5.69 Å². The van der Waals surface area contributed by atoms with Crippen LogP contribution in [0.5, 0.6) is 0 Å². The van der Waals surface area contributed by atoms with E-state index in [9.17, 15) is 0 Å². The van der Waals surface area contributed by atoms with Gasteiger partial charge < -0.3 is 9.80 Å². The Balaban J connectivity index is 0.839. The van der Waals surface area contributed by atoms with Gasteiger partial charge in [-0.3, -0.25) is 4.99 Å². The SMILES string of the molecule is C1=CCCC(C2=CC(C3C=NCCC3)=CC(N3C4=CCC(C5=CC6C7=C(CCC=C7)N(C7=CC=C8SC9C=CC=CC9C8C7)C6C=C5)CC4c4ccccc43)C2)=C1. The summed E-state index contributed by atoms with van der Waals surface area (Å²) in [6.45, 7) is 0.975. The molecule has 7 aliphatic carbocycles. The highest BCUT2D eigenvalue weighted by Crippen LogP contribution is 2.57. The van der Waals surface area contributed by atoms with Crippen LogP contribution >= 0.6 is 11.8 Å². The van der Waals surface area contributed by atoms with Crippen LogP contribution in [0.25, 0.3) is 0 Å². The van der Waals surface area contributed by atoms with Gasteiger partial charge in [-0.25, -0.2) is 0 Å². The lowest BCUT2D eigenvalue weighted by atomic mass is 9.75. The average molecular weight is 764 g/mol. The van der Waals surface area contributed by atoms with Crippen molar-refractivity contribution in [3.63, 3.8) is 0 Å². The Morgan fingerprint density at radius 2 is 1.77 bits per heavy atom. The number of para-hydroxylation sites is 1. The maximum absolute atomic E-state index is 4.77. The second kappa shape index (κ2) is 14.1. The molecular formula is C53H53N3S. The molecule has 12 rings (SSSR count). The molecule has 4 heteroatoms. The van der Waals surface area contributed by atoms with E-state index in [0.29, 0.717) is 52.8 Å². The molecule has 0 spiro atoms. The van der Waals surface area contributed by atoms with Crippen LogP contribution in [0.2, 0.25) is 0 Å². The van der Waals surface area contributed by atoms with Crippen molar-refractivity contribution in [3.8, 4) is 0 Å². The fourth-order valence-corrected chi connectivity index (χ4v) is 13.8. The number of thioether (sulfide) groups is 1. The van der Waals surface area contributed by atoms with Gasteiger partial charge >= 0.3 is 0 Å². The van der Waals surface area contributed by atoms with Crippen LogP contribution in [0.1, 0.15) is 75.7 Å². The highest BCUT2D eigenvalue weighted by molar-refractivity contribution is 8.04. The van der Waals surface area contributed by atoms with Crippen LogP contribution in [0.3, 0.4) is 0 Å². The van der Waals surface area contributed by atoms with E-state index in [0.717, 1.165) is 51.5 Å². The molecule has 0 N–H and O–H groups in total. The van der Waals surface area contributed by atoms with Gasteiger partial charge in [0.15, 0.2) is 0 Å². The van der Waals surface area contributed by atoms with Gasteiger partial charge in [-0.2, -0.15) is 0 Å². The predicted molar refractivity (Wildman–Crippen MR) is 239 cm³/mol. The molecule has 1 fully saturated rings. The highest BCUT2D eigenvalue weighted by atomic mass is 32.2. The predicted octanol–water partition coefficient (Wildman–Crippen LogP) is 12.3. The number of anilines is 1. The molecule has 57 heavy (non-hydrogen) atoms. The molecule has 0 bridgehead atoms. The van der Waals surface area contributed by atoms with Crippen molar-refractivity contribution in [1.29, 1.82) is 0 Å². The lowest BCUT2D eigenvalue weighted by Crippen LogP contribution is -2.36. The van der Waals surface area contributed by atoms with Crippen molar-refractivity contribution in [2.75, 3.05) is 11.4 Å². The van der Waals surface area contributed by atoms with Crippen molar-refractivity contribution in [2.45, 2.75) is 87.5 Å². The summed E-state index contributed by atoms with van der Waals surface area (Å²) in [5.41, 5.74) is 15.3. The molecule has 4 aliphatic heterocycles. The molecule has 1 saturated heterocycles. The number of benzene rings is 1. The van der Waals surface area contributed by atoms with Gasteiger partial charge in [0.2, 0.25) is 0 Å². The zero-order chi connectivity index (χ0) is 37.5. The molecule has 9 unspecified atom stereocenters. The van der Waals surface area contributed by atoms with Crippen molar-refractivity contribution in [2.24, 2.45) is 34.6 Å². The third-order valence-corrected chi connectivity index (χ3v) is 16.5. The van der Waals surface area contributed by atoms with Gasteiger partial charge in [0.25, 0.3) is 0 Å². The minimum atomic E-state index is 0.317. The van der Waals surface area contributed by atoms with E-state index in [1.807, 2.05) is 0 Å². The molecular weight excluding hydrogens is 711 g/mol. The summed E-state index contributed by atoms with van der Waals surface area (Å²) < 4.78 is 0. The lowest BCUT2D eigenvalue weighted by molar-refractivity contribution is 0.320. The molecule has 0 radical (unpaired) electrons. The second-order valence-electron chi connectivity index (χ2n) is 18.1. The number of hydrogen-bond acceptors (Lipinski definition) is 4. The number of allylic oxidation sites excluding steroid dienone is 20. The fraction of sp³-hybridized carbons (Fsp3) is 0.377. The molecule has 9 atom stereocenters. The molecule has 0 aromatic heterocycles. The number of rotatable bonds is 5. The summed E-state index contributed by atoms with van der Waals surface area (Å²) >= 11 is 2.10. The Bertz CT molecular complexity index is 2340. The van der Waals surface area contributed by atoms with Gasteiger partial charge in [0.1, 0.15) is 0 Å². The smallest absolute Gasteiger partial charge is 0.0623 e. The summed E-state index contributed by atoms with van der Waals surface area (Å²) in [4.78, 5) is 11.9. The Morgan fingerprint density at radius 3 is 2.70 bits per heavy atom. The van der Waals surface area contributed by atoms with Crippen LogP contribution in [0, 0.1) is 29.6 Å². The first-order valence-electron chi connectivity index (χ1n) is 22.1. The molecule has 0 saturated carbocycles. The summed E-state index contributed by atoms with van der Waals surface area (Å²) in [6.07, 6.45) is 55.7. The Morgan fingerprint density at radius 1 is 0.825 bits per heavy atom. The quantitative estimate of drug-likeness (QED) is 0.298. The van der Waals surface area contributed by atoms with Crippen molar-refractivity contribution < 1.29 is 0 Å². The topological polar surface area (TPSA) is 18.8 Å². The first kappa shape index (κ1) is 34.5. The Labute approximate surface area is 343 Å². The molecule has 11 aliphatic rings. The summed E-state index contributed by atoms with van der Waals surface area (Å²) in [5, 5.41) is 0.598. The van der Waals surface area contributed by atoms with E-state index < -0.39 is 0 Å². The Kier molecular flexibility index (Phi) is 8.52. The molecule has 4 heterocycles. The van der Waals surface area contributed by atoms with Gasteiger partial charge in [-0.05, 0) is 121 Å². The van der Waals surface area contributed by atoms with Crippen LogP contribution in [0.15, 0.2) is 182 Å². The minimum absolute atomic E-state index is 0.317. The van der Waals surface area contributed by atoms with Crippen molar-refractivity contribution in [3.05, 3.63) is 183 Å². The van der Waals surface area contributed by atoms with E-state index in [4.69, 9.17) is 4.99 Å². The van der Waals surface area contributed by atoms with Crippen molar-refractivity contribution in [1.82, 2.24) is 4.90 Å². The average Bonchev–Trinajstić information content (AvgIpc) is 3.94. The zero-order valence-electron chi connectivity index (χ0n) is 32.9. The minimum Gasteiger partial charge on any atom is -0.341 e. The third kappa shape index (κ3) is 5.79. The van der Waals surface area contributed by atoms with Crippen LogP contribution in [-0.4, -0.2) is 35.0 Å². The van der Waals surface area contributed by atoms with Crippen LogP contribution in [-0.2, 0) is 0 Å². The van der Waals surface area contributed by atoms with Crippen LogP contribution < -0.4 is 4.90 Å². The fourth-order valence-electron chi connectivity index (χ4n) is 12.3. The largest absolute Gasteiger partial charge is 0.341 e. The van der Waals surface area contributed by atoms with E-state index in [-0.39, 0.29) is 0 Å². The van der Waals surface area contributed by atoms with E-state index in [1.54, 1.807) is 27.4 Å². The molecule has 0 amide bonds.